The lowest BCUT2D eigenvalue weighted by atomic mass is 9.80. The minimum atomic E-state index is -0.341. The van der Waals surface area contributed by atoms with Gasteiger partial charge in [0, 0.05) is 37.3 Å². The maximum atomic E-state index is 6.09. The summed E-state index contributed by atoms with van der Waals surface area (Å²) in [4.78, 5) is 9.40. The summed E-state index contributed by atoms with van der Waals surface area (Å²) in [6, 6.07) is 4.64. The Balaban J connectivity index is 1.73. The van der Waals surface area contributed by atoms with Gasteiger partial charge in [0.2, 0.25) is 0 Å². The lowest BCUT2D eigenvalue weighted by molar-refractivity contribution is 0.00578. The van der Waals surface area contributed by atoms with Gasteiger partial charge in [-0.3, -0.25) is 0 Å². The number of hydrogen-bond donors (Lipinski definition) is 0. The van der Waals surface area contributed by atoms with Crippen LogP contribution >= 0.6 is 0 Å². The van der Waals surface area contributed by atoms with Gasteiger partial charge < -0.3 is 19.1 Å². The Bertz CT molecular complexity index is 545. The van der Waals surface area contributed by atoms with Gasteiger partial charge in [-0.25, -0.2) is 4.98 Å². The maximum Gasteiger partial charge on any atom is 0.496 e. The topological polar surface area (TPSA) is 37.8 Å². The van der Waals surface area contributed by atoms with Gasteiger partial charge in [0.1, 0.15) is 5.82 Å². The molecule has 1 aromatic rings. The van der Waals surface area contributed by atoms with Crippen LogP contribution < -0.4 is 10.4 Å². The van der Waals surface area contributed by atoms with Gasteiger partial charge in [-0.15, -0.1) is 0 Å². The first-order valence-corrected chi connectivity index (χ1v) is 8.46. The molecule has 6 heteroatoms. The van der Waals surface area contributed by atoms with Crippen molar-refractivity contribution in [2.75, 3.05) is 31.6 Å². The molecule has 2 saturated heterocycles. The Morgan fingerprint density at radius 1 is 1.13 bits per heavy atom. The molecule has 0 radical (unpaired) electrons. The van der Waals surface area contributed by atoms with Gasteiger partial charge in [-0.2, -0.15) is 0 Å². The van der Waals surface area contributed by atoms with E-state index in [0.29, 0.717) is 6.04 Å². The number of hydrogen-bond acceptors (Lipinski definition) is 5. The zero-order valence-electron chi connectivity index (χ0n) is 15.2. The molecule has 1 aromatic heterocycles. The molecule has 23 heavy (non-hydrogen) atoms. The second-order valence-corrected chi connectivity index (χ2v) is 7.84. The van der Waals surface area contributed by atoms with E-state index in [1.165, 1.54) is 0 Å². The Hall–Kier alpha value is -1.11. The van der Waals surface area contributed by atoms with E-state index in [4.69, 9.17) is 9.31 Å². The van der Waals surface area contributed by atoms with E-state index in [1.54, 1.807) is 0 Å². The summed E-state index contributed by atoms with van der Waals surface area (Å²) in [6.45, 7) is 13.7. The largest absolute Gasteiger partial charge is 0.496 e. The lowest BCUT2D eigenvalue weighted by Crippen LogP contribution is -2.51. The van der Waals surface area contributed by atoms with Crippen LogP contribution in [0.2, 0.25) is 0 Å². The molecule has 0 N–H and O–H groups in total. The first kappa shape index (κ1) is 16.7. The third-order valence-corrected chi connectivity index (χ3v) is 5.42. The summed E-state index contributed by atoms with van der Waals surface area (Å²) in [6.07, 6.45) is 1.89. The highest BCUT2D eigenvalue weighted by Crippen LogP contribution is 2.36. The Morgan fingerprint density at radius 3 is 2.30 bits per heavy atom. The van der Waals surface area contributed by atoms with Crippen LogP contribution in [0, 0.1) is 0 Å². The fraction of sp³-hybridized carbons (Fsp3) is 0.706. The summed E-state index contributed by atoms with van der Waals surface area (Å²) >= 11 is 0. The van der Waals surface area contributed by atoms with Gasteiger partial charge in [0.05, 0.1) is 11.2 Å². The summed E-state index contributed by atoms with van der Waals surface area (Å²) in [5.74, 6) is 1.03. The van der Waals surface area contributed by atoms with Gasteiger partial charge in [-0.1, -0.05) is 6.07 Å². The van der Waals surface area contributed by atoms with Crippen molar-refractivity contribution in [2.24, 2.45) is 0 Å². The molecule has 126 valence electrons. The Labute approximate surface area is 140 Å². The van der Waals surface area contributed by atoms with Crippen LogP contribution in [-0.2, 0) is 9.31 Å². The van der Waals surface area contributed by atoms with E-state index < -0.39 is 0 Å². The van der Waals surface area contributed by atoms with Crippen LogP contribution in [-0.4, -0.2) is 60.9 Å². The zero-order valence-corrected chi connectivity index (χ0v) is 15.2. The number of pyridine rings is 1. The number of rotatable bonds is 2. The molecular weight excluding hydrogens is 289 g/mol. The van der Waals surface area contributed by atoms with Gasteiger partial charge in [-0.05, 0) is 47.7 Å². The molecule has 3 heterocycles. The van der Waals surface area contributed by atoms with Crippen molar-refractivity contribution in [3.05, 3.63) is 18.3 Å². The van der Waals surface area contributed by atoms with Gasteiger partial charge in [0.25, 0.3) is 0 Å². The molecule has 5 nitrogen and oxygen atoms in total. The third-order valence-electron chi connectivity index (χ3n) is 5.42. The third kappa shape index (κ3) is 3.12. The first-order chi connectivity index (χ1) is 10.7. The van der Waals surface area contributed by atoms with Crippen molar-refractivity contribution in [2.45, 2.75) is 51.9 Å². The summed E-state index contributed by atoms with van der Waals surface area (Å²) in [5, 5.41) is 0. The standard InChI is InChI=1S/C17H28BN3O2/c1-13-12-20(6)9-10-21(13)15-8-7-14(11-19-15)18-22-16(2,3)17(4,5)23-18/h7-8,11,13H,9-10,12H2,1-6H3. The molecule has 2 aliphatic rings. The van der Waals surface area contributed by atoms with E-state index in [2.05, 4.69) is 68.6 Å². The molecule has 1 unspecified atom stereocenters. The molecule has 0 aliphatic carbocycles. The lowest BCUT2D eigenvalue weighted by Gasteiger charge is -2.39. The average Bonchev–Trinajstić information content (AvgIpc) is 2.68. The molecule has 1 atom stereocenters. The number of anilines is 1. The van der Waals surface area contributed by atoms with Crippen LogP contribution in [0.5, 0.6) is 0 Å². The molecule has 0 bridgehead atoms. The van der Waals surface area contributed by atoms with Crippen LogP contribution in [0.3, 0.4) is 0 Å². The molecule has 2 aliphatic heterocycles. The van der Waals surface area contributed by atoms with Crippen LogP contribution in [0.25, 0.3) is 0 Å². The Kier molecular flexibility index (Phi) is 4.19. The fourth-order valence-electron chi connectivity index (χ4n) is 3.17. The monoisotopic (exact) mass is 317 g/mol. The fourth-order valence-corrected chi connectivity index (χ4v) is 3.17. The van der Waals surface area contributed by atoms with E-state index in [0.717, 1.165) is 30.9 Å². The highest BCUT2D eigenvalue weighted by molar-refractivity contribution is 6.62. The van der Waals surface area contributed by atoms with Crippen LogP contribution in [0.15, 0.2) is 18.3 Å². The normalized spacial score (nSPS) is 27.5. The second-order valence-electron chi connectivity index (χ2n) is 7.84. The quantitative estimate of drug-likeness (QED) is 0.773. The molecule has 3 rings (SSSR count). The van der Waals surface area contributed by atoms with Crippen LogP contribution in [0.1, 0.15) is 34.6 Å². The van der Waals surface area contributed by atoms with E-state index in [-0.39, 0.29) is 18.3 Å². The van der Waals surface area contributed by atoms with E-state index >= 15 is 0 Å². The smallest absolute Gasteiger partial charge is 0.399 e. The van der Waals surface area contributed by atoms with Crippen molar-refractivity contribution in [1.82, 2.24) is 9.88 Å². The molecular formula is C17H28BN3O2. The van der Waals surface area contributed by atoms with Crippen molar-refractivity contribution in [1.29, 1.82) is 0 Å². The predicted octanol–water partition coefficient (Wildman–Crippen LogP) is 1.52. The van der Waals surface area contributed by atoms with Crippen LogP contribution in [0.4, 0.5) is 5.82 Å². The number of aromatic nitrogens is 1. The molecule has 0 amide bonds. The summed E-state index contributed by atoms with van der Waals surface area (Å²) in [7, 11) is 1.83. The maximum absolute atomic E-state index is 6.09. The predicted molar refractivity (Wildman–Crippen MR) is 94.3 cm³/mol. The summed E-state index contributed by atoms with van der Waals surface area (Å²) < 4.78 is 12.2. The molecule has 0 spiro atoms. The van der Waals surface area contributed by atoms with E-state index in [9.17, 15) is 0 Å². The minimum Gasteiger partial charge on any atom is -0.399 e. The van der Waals surface area contributed by atoms with Crippen molar-refractivity contribution < 1.29 is 9.31 Å². The summed E-state index contributed by atoms with van der Waals surface area (Å²) in [5.41, 5.74) is 0.346. The van der Waals surface area contributed by atoms with Crippen molar-refractivity contribution in [3.8, 4) is 0 Å². The van der Waals surface area contributed by atoms with Crippen molar-refractivity contribution >= 4 is 18.4 Å². The van der Waals surface area contributed by atoms with Crippen molar-refractivity contribution in [3.63, 3.8) is 0 Å². The Morgan fingerprint density at radius 2 is 1.78 bits per heavy atom. The number of likely N-dealkylation sites (N-methyl/N-ethyl adjacent to an activating group) is 1. The second kappa shape index (κ2) is 5.76. The highest BCUT2D eigenvalue weighted by Gasteiger charge is 2.51. The van der Waals surface area contributed by atoms with E-state index in [1.807, 2.05) is 6.20 Å². The highest BCUT2D eigenvalue weighted by atomic mass is 16.7. The molecule has 2 fully saturated rings. The number of piperazine rings is 1. The van der Waals surface area contributed by atoms with Gasteiger partial charge >= 0.3 is 7.12 Å². The SMILES string of the molecule is CC1CN(C)CCN1c1ccc(B2OC(C)(C)C(C)(C)O2)cn1. The minimum absolute atomic E-state index is 0.317. The number of nitrogens with zero attached hydrogens (tertiary/aromatic N) is 3. The first-order valence-electron chi connectivity index (χ1n) is 8.46. The zero-order chi connectivity index (χ0) is 16.8. The average molecular weight is 317 g/mol. The molecule has 0 saturated carbocycles. The van der Waals surface area contributed by atoms with Gasteiger partial charge in [0.15, 0.2) is 0 Å². The molecule has 0 aromatic carbocycles.